The summed E-state index contributed by atoms with van der Waals surface area (Å²) in [6, 6.07) is 8.52. The monoisotopic (exact) mass is 594 g/mol. The first-order chi connectivity index (χ1) is 20.0. The van der Waals surface area contributed by atoms with Crippen LogP contribution < -0.4 is 19.3 Å². The summed E-state index contributed by atoms with van der Waals surface area (Å²) < 4.78 is 46.7. The average Bonchev–Trinajstić information content (AvgIpc) is 3.19. The van der Waals surface area contributed by atoms with Gasteiger partial charge in [-0.15, -0.1) is 6.42 Å². The van der Waals surface area contributed by atoms with Crippen molar-refractivity contribution in [1.82, 2.24) is 4.31 Å². The number of benzene rings is 2. The van der Waals surface area contributed by atoms with Crippen molar-refractivity contribution in [1.29, 1.82) is 0 Å². The van der Waals surface area contributed by atoms with Gasteiger partial charge in [-0.25, -0.2) is 13.6 Å². The molecule has 2 aromatic rings. The lowest BCUT2D eigenvalue weighted by molar-refractivity contribution is -0.121. The van der Waals surface area contributed by atoms with E-state index in [0.717, 1.165) is 28.1 Å². The topological polar surface area (TPSA) is 133 Å². The highest BCUT2D eigenvalue weighted by molar-refractivity contribution is 7.91. The number of fused-ring (bicyclic) bond motifs is 2. The van der Waals surface area contributed by atoms with Crippen molar-refractivity contribution in [3.05, 3.63) is 58.9 Å². The number of terminal acetylenes is 1. The van der Waals surface area contributed by atoms with Crippen LogP contribution >= 0.6 is 0 Å². The molecule has 0 fully saturated rings. The maximum absolute atomic E-state index is 14.7. The third-order valence-corrected chi connectivity index (χ3v) is 8.76. The SMILES string of the molecule is C#CCN1C(=O)COc2cc(F)c(N3C(=O)C4=C(CCCC4)C3=O)cc21.CC(C)N1C(=O)c2ccccc2NS1(=O)=O. The van der Waals surface area contributed by atoms with Crippen LogP contribution in [0, 0.1) is 18.2 Å². The van der Waals surface area contributed by atoms with Crippen molar-refractivity contribution >= 4 is 50.9 Å². The van der Waals surface area contributed by atoms with Gasteiger partial charge in [-0.3, -0.25) is 28.8 Å². The minimum atomic E-state index is -3.75. The van der Waals surface area contributed by atoms with E-state index in [1.165, 1.54) is 11.0 Å². The molecular formula is C29H27FN4O7S. The fraction of sp³-hybridized carbons (Fsp3) is 0.310. The third kappa shape index (κ3) is 4.87. The van der Waals surface area contributed by atoms with Gasteiger partial charge in [0, 0.05) is 23.3 Å². The van der Waals surface area contributed by atoms with Gasteiger partial charge in [0.2, 0.25) is 0 Å². The largest absolute Gasteiger partial charge is 0.481 e. The zero-order valence-electron chi connectivity index (χ0n) is 22.8. The molecule has 0 bridgehead atoms. The van der Waals surface area contributed by atoms with Crippen LogP contribution in [0.15, 0.2) is 47.5 Å². The van der Waals surface area contributed by atoms with Crippen LogP contribution in [0.4, 0.5) is 21.5 Å². The van der Waals surface area contributed by atoms with Gasteiger partial charge in [-0.1, -0.05) is 18.1 Å². The van der Waals surface area contributed by atoms with Crippen molar-refractivity contribution in [2.75, 3.05) is 27.7 Å². The highest BCUT2D eigenvalue weighted by Gasteiger charge is 2.42. The number of nitrogens with one attached hydrogen (secondary N) is 1. The molecule has 4 aliphatic rings. The molecule has 0 unspecified atom stereocenters. The number of para-hydroxylation sites is 1. The Morgan fingerprint density at radius 1 is 1.00 bits per heavy atom. The van der Waals surface area contributed by atoms with E-state index >= 15 is 0 Å². The Bertz CT molecular complexity index is 1680. The van der Waals surface area contributed by atoms with Crippen LogP contribution in [0.2, 0.25) is 0 Å². The molecule has 0 aromatic heterocycles. The number of imide groups is 1. The molecule has 3 aliphatic heterocycles. The summed E-state index contributed by atoms with van der Waals surface area (Å²) in [7, 11) is -3.75. The number of hydrogen-bond acceptors (Lipinski definition) is 7. The molecule has 6 rings (SSSR count). The molecule has 0 spiro atoms. The number of anilines is 3. The van der Waals surface area contributed by atoms with Crippen LogP contribution in [0.1, 0.15) is 49.9 Å². The van der Waals surface area contributed by atoms with Gasteiger partial charge in [-0.2, -0.15) is 8.42 Å². The summed E-state index contributed by atoms with van der Waals surface area (Å²) in [4.78, 5) is 51.5. The summed E-state index contributed by atoms with van der Waals surface area (Å²) in [6.07, 6.45) is 8.01. The molecule has 0 atom stereocenters. The van der Waals surface area contributed by atoms with Gasteiger partial charge in [0.15, 0.2) is 12.4 Å². The molecule has 218 valence electrons. The lowest BCUT2D eigenvalue weighted by atomic mass is 9.93. The van der Waals surface area contributed by atoms with E-state index in [4.69, 9.17) is 11.2 Å². The molecule has 0 saturated carbocycles. The molecule has 1 N–H and O–H groups in total. The third-order valence-electron chi connectivity index (χ3n) is 7.18. The lowest BCUT2D eigenvalue weighted by Gasteiger charge is -2.31. The molecule has 4 amide bonds. The van der Waals surface area contributed by atoms with E-state index in [0.29, 0.717) is 35.2 Å². The van der Waals surface area contributed by atoms with Gasteiger partial charge in [0.25, 0.3) is 23.6 Å². The minimum Gasteiger partial charge on any atom is -0.481 e. The maximum Gasteiger partial charge on any atom is 0.326 e. The highest BCUT2D eigenvalue weighted by atomic mass is 32.2. The standard InChI is InChI=1S/C19H15FN2O4.C10H12N2O3S/c1-2-7-21-15-9-14(13(20)8-16(15)26-10-17(21)23)22-18(24)11-5-3-4-6-12(11)19(22)25;1-7(2)12-10(13)8-5-3-4-6-9(8)11-16(12,14)15/h1,8-9H,3-7,10H2;3-7,11H,1-2H3. The predicted octanol–water partition coefficient (Wildman–Crippen LogP) is 3.14. The summed E-state index contributed by atoms with van der Waals surface area (Å²) in [5.41, 5.74) is 1.71. The Morgan fingerprint density at radius 3 is 2.26 bits per heavy atom. The first kappa shape index (κ1) is 28.8. The minimum absolute atomic E-state index is 0.0170. The Labute approximate surface area is 242 Å². The zero-order valence-corrected chi connectivity index (χ0v) is 23.7. The van der Waals surface area contributed by atoms with Crippen molar-refractivity contribution < 1.29 is 36.7 Å². The number of amides is 4. The molecule has 0 saturated heterocycles. The van der Waals surface area contributed by atoms with Gasteiger partial charge < -0.3 is 4.74 Å². The van der Waals surface area contributed by atoms with Crippen molar-refractivity contribution in [3.63, 3.8) is 0 Å². The molecule has 11 nitrogen and oxygen atoms in total. The second kappa shape index (κ2) is 10.9. The lowest BCUT2D eigenvalue weighted by Crippen LogP contribution is -2.48. The number of carbonyl (C=O) groups is 4. The summed E-state index contributed by atoms with van der Waals surface area (Å²) >= 11 is 0. The Hall–Kier alpha value is -4.70. The quantitative estimate of drug-likeness (QED) is 0.426. The fourth-order valence-electron chi connectivity index (χ4n) is 5.29. The zero-order chi connectivity index (χ0) is 30.3. The second-order valence-corrected chi connectivity index (χ2v) is 11.7. The van der Waals surface area contributed by atoms with E-state index in [1.807, 2.05) is 0 Å². The predicted molar refractivity (Wildman–Crippen MR) is 151 cm³/mol. The number of nitrogens with zero attached hydrogens (tertiary/aromatic N) is 3. The summed E-state index contributed by atoms with van der Waals surface area (Å²) in [5, 5.41) is 0. The molecule has 2 aromatic carbocycles. The molecule has 1 aliphatic carbocycles. The molecule has 3 heterocycles. The fourth-order valence-corrected chi connectivity index (χ4v) is 6.72. The molecule has 42 heavy (non-hydrogen) atoms. The van der Waals surface area contributed by atoms with Crippen LogP contribution in [0.25, 0.3) is 0 Å². The second-order valence-electron chi connectivity index (χ2n) is 10.2. The number of ether oxygens (including phenoxy) is 1. The first-order valence-corrected chi connectivity index (χ1v) is 14.7. The molecule has 13 heteroatoms. The molecule has 0 radical (unpaired) electrons. The Kier molecular flexibility index (Phi) is 7.51. The van der Waals surface area contributed by atoms with Crippen LogP contribution in [0.5, 0.6) is 5.75 Å². The smallest absolute Gasteiger partial charge is 0.326 e. The van der Waals surface area contributed by atoms with Gasteiger partial charge >= 0.3 is 10.2 Å². The Balaban J connectivity index is 0.000000189. The molecular weight excluding hydrogens is 567 g/mol. The number of halogens is 1. The van der Waals surface area contributed by atoms with Crippen molar-refractivity contribution in [2.45, 2.75) is 45.6 Å². The van der Waals surface area contributed by atoms with Crippen molar-refractivity contribution in [2.24, 2.45) is 0 Å². The van der Waals surface area contributed by atoms with Gasteiger partial charge in [0.1, 0.15) is 5.75 Å². The van der Waals surface area contributed by atoms with Crippen LogP contribution in [0.3, 0.4) is 0 Å². The first-order valence-electron chi connectivity index (χ1n) is 13.2. The van der Waals surface area contributed by atoms with Gasteiger partial charge in [-0.05, 0) is 57.7 Å². The number of carbonyl (C=O) groups excluding carboxylic acids is 4. The van der Waals surface area contributed by atoms with Gasteiger partial charge in [0.05, 0.1) is 29.2 Å². The van der Waals surface area contributed by atoms with E-state index in [1.54, 1.807) is 38.1 Å². The van der Waals surface area contributed by atoms with E-state index in [-0.39, 0.29) is 36.2 Å². The van der Waals surface area contributed by atoms with Crippen LogP contribution in [-0.4, -0.2) is 55.5 Å². The Morgan fingerprint density at radius 2 is 1.64 bits per heavy atom. The number of rotatable bonds is 3. The van der Waals surface area contributed by atoms with E-state index in [2.05, 4.69) is 10.6 Å². The van der Waals surface area contributed by atoms with Crippen LogP contribution in [-0.2, 0) is 24.6 Å². The summed E-state index contributed by atoms with van der Waals surface area (Å²) in [5.74, 6) is -0.0763. The van der Waals surface area contributed by atoms with E-state index in [9.17, 15) is 32.0 Å². The van der Waals surface area contributed by atoms with Crippen molar-refractivity contribution in [3.8, 4) is 18.1 Å². The summed E-state index contributed by atoms with van der Waals surface area (Å²) in [6.45, 7) is 3.05. The maximum atomic E-state index is 14.7. The highest BCUT2D eigenvalue weighted by Crippen LogP contribution is 2.41. The average molecular weight is 595 g/mol. The number of hydrogen-bond donors (Lipinski definition) is 1. The van der Waals surface area contributed by atoms with E-state index < -0.39 is 39.8 Å². The normalized spacial score (nSPS) is 18.9.